The minimum absolute atomic E-state index is 0.753. The maximum absolute atomic E-state index is 3.54. The summed E-state index contributed by atoms with van der Waals surface area (Å²) in [4.78, 5) is 2.58. The Morgan fingerprint density at radius 2 is 2.27 bits per heavy atom. The first-order valence-corrected chi connectivity index (χ1v) is 6.45. The molecule has 1 atom stereocenters. The lowest BCUT2D eigenvalue weighted by Crippen LogP contribution is -2.26. The number of rotatable bonds is 2. The molecule has 2 rings (SSSR count). The molecule has 1 nitrogen and oxygen atoms in total. The number of likely N-dealkylation sites (tertiary alicyclic amines) is 1. The van der Waals surface area contributed by atoms with Crippen LogP contribution >= 0.6 is 15.9 Å². The molecule has 1 fully saturated rings. The van der Waals surface area contributed by atoms with E-state index in [0.29, 0.717) is 0 Å². The largest absolute Gasteiger partial charge is 0.296 e. The molecule has 15 heavy (non-hydrogen) atoms. The fraction of sp³-hybridized carbons (Fsp3) is 0.538. The lowest BCUT2D eigenvalue weighted by atomic mass is 10.1. The van der Waals surface area contributed by atoms with Crippen LogP contribution in [0.3, 0.4) is 0 Å². The van der Waals surface area contributed by atoms with Gasteiger partial charge in [0, 0.05) is 17.1 Å². The Kier molecular flexibility index (Phi) is 3.47. The average Bonchev–Trinajstić information content (AvgIpc) is 2.58. The van der Waals surface area contributed by atoms with Crippen LogP contribution < -0.4 is 0 Å². The molecule has 1 aromatic rings. The van der Waals surface area contributed by atoms with E-state index in [1.807, 2.05) is 0 Å². The summed E-state index contributed by atoms with van der Waals surface area (Å²) in [6, 6.07) is 7.32. The molecule has 1 saturated heterocycles. The number of hydrogen-bond acceptors (Lipinski definition) is 1. The molecule has 0 unspecified atom stereocenters. The second-order valence-corrected chi connectivity index (χ2v) is 5.45. The maximum atomic E-state index is 3.54. The van der Waals surface area contributed by atoms with Gasteiger partial charge >= 0.3 is 0 Å². The monoisotopic (exact) mass is 267 g/mol. The van der Waals surface area contributed by atoms with Crippen molar-refractivity contribution in [1.82, 2.24) is 4.90 Å². The van der Waals surface area contributed by atoms with Crippen LogP contribution in [0.15, 0.2) is 22.7 Å². The molecule has 1 heterocycles. The predicted molar refractivity (Wildman–Crippen MR) is 68.0 cm³/mol. The zero-order valence-electron chi connectivity index (χ0n) is 9.46. The van der Waals surface area contributed by atoms with Gasteiger partial charge in [-0.2, -0.15) is 0 Å². The van der Waals surface area contributed by atoms with Crippen molar-refractivity contribution in [3.8, 4) is 0 Å². The summed E-state index contributed by atoms with van der Waals surface area (Å²) in [7, 11) is 0. The molecule has 1 aliphatic rings. The molecule has 0 saturated carbocycles. The third-order valence-electron chi connectivity index (χ3n) is 3.38. The first-order valence-electron chi connectivity index (χ1n) is 5.66. The minimum Gasteiger partial charge on any atom is -0.296 e. The van der Waals surface area contributed by atoms with Gasteiger partial charge in [-0.3, -0.25) is 4.90 Å². The lowest BCUT2D eigenvalue weighted by Gasteiger charge is -2.22. The smallest absolute Gasteiger partial charge is 0.0239 e. The van der Waals surface area contributed by atoms with Gasteiger partial charge in [0.05, 0.1) is 0 Å². The molecule has 0 aliphatic carbocycles. The standard InChI is InChI=1S/C13H18BrN/c1-10-5-6-13(14)8-12(10)9-15-7-3-4-11(15)2/h5-6,8,11H,3-4,7,9H2,1-2H3/t11-/m0/s1. The van der Waals surface area contributed by atoms with Crippen molar-refractivity contribution in [1.29, 1.82) is 0 Å². The van der Waals surface area contributed by atoms with Crippen molar-refractivity contribution in [2.45, 2.75) is 39.3 Å². The van der Waals surface area contributed by atoms with E-state index < -0.39 is 0 Å². The van der Waals surface area contributed by atoms with Crippen LogP contribution in [0, 0.1) is 6.92 Å². The first kappa shape index (κ1) is 11.2. The fourth-order valence-corrected chi connectivity index (χ4v) is 2.67. The Bertz CT molecular complexity index is 348. The van der Waals surface area contributed by atoms with Crippen LogP contribution in [0.2, 0.25) is 0 Å². The Morgan fingerprint density at radius 1 is 1.47 bits per heavy atom. The summed E-state index contributed by atoms with van der Waals surface area (Å²) in [5.74, 6) is 0. The fourth-order valence-electron chi connectivity index (χ4n) is 2.26. The normalized spacial score (nSPS) is 22.2. The van der Waals surface area contributed by atoms with Crippen molar-refractivity contribution in [2.24, 2.45) is 0 Å². The second kappa shape index (κ2) is 4.67. The van der Waals surface area contributed by atoms with Crippen LogP contribution in [0.5, 0.6) is 0 Å². The van der Waals surface area contributed by atoms with Gasteiger partial charge in [-0.25, -0.2) is 0 Å². The molecule has 0 radical (unpaired) electrons. The Morgan fingerprint density at radius 3 is 2.93 bits per heavy atom. The van der Waals surface area contributed by atoms with Gasteiger partial charge in [-0.05, 0) is 56.5 Å². The summed E-state index contributed by atoms with van der Waals surface area (Å²) < 4.78 is 1.19. The van der Waals surface area contributed by atoms with Gasteiger partial charge in [-0.15, -0.1) is 0 Å². The van der Waals surface area contributed by atoms with Crippen LogP contribution in [-0.2, 0) is 6.54 Å². The molecular weight excluding hydrogens is 250 g/mol. The molecule has 0 bridgehead atoms. The van der Waals surface area contributed by atoms with E-state index in [2.05, 4.69) is 52.9 Å². The summed E-state index contributed by atoms with van der Waals surface area (Å²) in [5.41, 5.74) is 2.86. The average molecular weight is 268 g/mol. The molecule has 0 N–H and O–H groups in total. The zero-order chi connectivity index (χ0) is 10.8. The highest BCUT2D eigenvalue weighted by Gasteiger charge is 2.20. The number of nitrogens with zero attached hydrogens (tertiary/aromatic N) is 1. The van der Waals surface area contributed by atoms with E-state index in [9.17, 15) is 0 Å². The summed E-state index contributed by atoms with van der Waals surface area (Å²) >= 11 is 3.54. The predicted octanol–water partition coefficient (Wildman–Crippen LogP) is 3.74. The van der Waals surface area contributed by atoms with E-state index in [-0.39, 0.29) is 0 Å². The third-order valence-corrected chi connectivity index (χ3v) is 3.87. The quantitative estimate of drug-likeness (QED) is 0.789. The number of hydrogen-bond donors (Lipinski definition) is 0. The van der Waals surface area contributed by atoms with Gasteiger partial charge in [0.2, 0.25) is 0 Å². The van der Waals surface area contributed by atoms with Crippen molar-refractivity contribution in [3.05, 3.63) is 33.8 Å². The van der Waals surface area contributed by atoms with E-state index in [0.717, 1.165) is 12.6 Å². The summed E-state index contributed by atoms with van der Waals surface area (Å²) in [5, 5.41) is 0. The van der Waals surface area contributed by atoms with Crippen molar-refractivity contribution >= 4 is 15.9 Å². The second-order valence-electron chi connectivity index (χ2n) is 4.53. The number of halogens is 1. The van der Waals surface area contributed by atoms with Crippen LogP contribution in [-0.4, -0.2) is 17.5 Å². The molecule has 0 spiro atoms. The van der Waals surface area contributed by atoms with Gasteiger partial charge < -0.3 is 0 Å². The number of benzene rings is 1. The number of aryl methyl sites for hydroxylation is 1. The molecule has 0 aromatic heterocycles. The lowest BCUT2D eigenvalue weighted by molar-refractivity contribution is 0.260. The minimum atomic E-state index is 0.753. The van der Waals surface area contributed by atoms with E-state index >= 15 is 0 Å². The molecule has 1 aliphatic heterocycles. The molecule has 82 valence electrons. The highest BCUT2D eigenvalue weighted by Crippen LogP contribution is 2.22. The van der Waals surface area contributed by atoms with Gasteiger partial charge in [0.1, 0.15) is 0 Å². The third kappa shape index (κ3) is 2.61. The highest BCUT2D eigenvalue weighted by molar-refractivity contribution is 9.10. The van der Waals surface area contributed by atoms with Crippen molar-refractivity contribution in [3.63, 3.8) is 0 Å². The van der Waals surface area contributed by atoms with Crippen molar-refractivity contribution < 1.29 is 0 Å². The maximum Gasteiger partial charge on any atom is 0.0239 e. The van der Waals surface area contributed by atoms with E-state index in [1.54, 1.807) is 0 Å². The van der Waals surface area contributed by atoms with Gasteiger partial charge in [0.25, 0.3) is 0 Å². The molecule has 1 aromatic carbocycles. The first-order chi connectivity index (χ1) is 7.16. The SMILES string of the molecule is Cc1ccc(Br)cc1CN1CCC[C@@H]1C. The van der Waals surface area contributed by atoms with Crippen LogP contribution in [0.4, 0.5) is 0 Å². The van der Waals surface area contributed by atoms with E-state index in [1.165, 1.54) is 35.0 Å². The Hall–Kier alpha value is -0.340. The summed E-state index contributed by atoms with van der Waals surface area (Å²) in [6.07, 6.45) is 2.71. The zero-order valence-corrected chi connectivity index (χ0v) is 11.0. The molecule has 2 heteroatoms. The van der Waals surface area contributed by atoms with Gasteiger partial charge in [-0.1, -0.05) is 22.0 Å². The van der Waals surface area contributed by atoms with Crippen LogP contribution in [0.1, 0.15) is 30.9 Å². The van der Waals surface area contributed by atoms with Gasteiger partial charge in [0.15, 0.2) is 0 Å². The molecular formula is C13H18BrN. The highest BCUT2D eigenvalue weighted by atomic mass is 79.9. The Balaban J connectivity index is 2.12. The van der Waals surface area contributed by atoms with E-state index in [4.69, 9.17) is 0 Å². The van der Waals surface area contributed by atoms with Crippen LogP contribution in [0.25, 0.3) is 0 Å². The molecule has 0 amide bonds. The Labute approximate surface area is 101 Å². The van der Waals surface area contributed by atoms with Crippen molar-refractivity contribution in [2.75, 3.05) is 6.54 Å². The topological polar surface area (TPSA) is 3.24 Å². The summed E-state index contributed by atoms with van der Waals surface area (Å²) in [6.45, 7) is 6.89.